The number of nitrogen functional groups attached to an aromatic ring is 1. The van der Waals surface area contributed by atoms with Crippen LogP contribution in [0.1, 0.15) is 19.6 Å². The summed E-state index contributed by atoms with van der Waals surface area (Å²) in [6.45, 7) is -1.67. The number of aliphatic hydroxyl groups is 1. The Labute approximate surface area is 147 Å². The maximum Gasteiger partial charge on any atom is 0.324 e. The van der Waals surface area contributed by atoms with Crippen molar-refractivity contribution in [2.45, 2.75) is 37.9 Å². The largest absolute Gasteiger partial charge is 0.386 e. The first-order valence-corrected chi connectivity index (χ1v) is 9.99. The van der Waals surface area contributed by atoms with Gasteiger partial charge in [0.15, 0.2) is 17.4 Å². The number of nitrogens with two attached hydrogens (primary N) is 1. The van der Waals surface area contributed by atoms with Crippen LogP contribution in [0.4, 0.5) is 5.95 Å². The minimum Gasteiger partial charge on any atom is -0.386 e. The molecule has 3 heterocycles. The highest BCUT2D eigenvalue weighted by Crippen LogP contribution is 2.48. The number of rotatable bonds is 5. The molecule has 0 aliphatic carbocycles. The number of aliphatic hydroxyl groups excluding tert-OH is 1. The van der Waals surface area contributed by atoms with E-state index in [1.165, 1.54) is 18.0 Å². The van der Waals surface area contributed by atoms with E-state index in [-0.39, 0.29) is 17.1 Å². The second kappa shape index (κ2) is 6.72. The standard InChI is InChI=1S/C12H18N5O6PS/c1-3-5-8(23-24(20,25)21-2)7(18)11(22-5)17-4-14-6-9(17)15-12(13)16-10(6)19/h4-5,7-8,11,18H,3H2,1-2H3,(H,20,25)(H3,13,15,16,19)/t5-,7?,8+,11-,24?/m1/s1. The van der Waals surface area contributed by atoms with Gasteiger partial charge < -0.3 is 25.0 Å². The molecular formula is C12H18N5O6PS. The van der Waals surface area contributed by atoms with E-state index in [1.54, 1.807) is 0 Å². The van der Waals surface area contributed by atoms with Gasteiger partial charge in [-0.3, -0.25) is 18.9 Å². The average Bonchev–Trinajstić information content (AvgIpc) is 3.09. The molecule has 13 heteroatoms. The Morgan fingerprint density at radius 3 is 2.96 bits per heavy atom. The fraction of sp³-hybridized carbons (Fsp3) is 0.583. The highest BCUT2D eigenvalue weighted by atomic mass is 32.5. The Bertz CT molecular complexity index is 886. The van der Waals surface area contributed by atoms with Crippen LogP contribution in [0.25, 0.3) is 11.2 Å². The van der Waals surface area contributed by atoms with Gasteiger partial charge in [0.2, 0.25) is 5.95 Å². The third-order valence-electron chi connectivity index (χ3n) is 3.92. The number of aromatic nitrogens is 4. The van der Waals surface area contributed by atoms with Crippen LogP contribution in [0.5, 0.6) is 0 Å². The minimum absolute atomic E-state index is 0.0617. The first-order chi connectivity index (χ1) is 11.8. The first kappa shape index (κ1) is 18.4. The molecule has 2 aromatic rings. The highest BCUT2D eigenvalue weighted by Gasteiger charge is 2.47. The quantitative estimate of drug-likeness (QED) is 0.495. The van der Waals surface area contributed by atoms with Crippen molar-refractivity contribution in [2.75, 3.05) is 12.8 Å². The van der Waals surface area contributed by atoms with Crippen LogP contribution in [0.15, 0.2) is 11.1 Å². The summed E-state index contributed by atoms with van der Waals surface area (Å²) in [4.78, 5) is 32.2. The van der Waals surface area contributed by atoms with Gasteiger partial charge in [0.05, 0.1) is 12.4 Å². The lowest BCUT2D eigenvalue weighted by atomic mass is 10.1. The van der Waals surface area contributed by atoms with Gasteiger partial charge in [-0.25, -0.2) is 4.98 Å². The Kier molecular flexibility index (Phi) is 4.95. The predicted molar refractivity (Wildman–Crippen MR) is 91.2 cm³/mol. The fourth-order valence-electron chi connectivity index (χ4n) is 2.73. The van der Waals surface area contributed by atoms with Crippen molar-refractivity contribution in [2.24, 2.45) is 0 Å². The van der Waals surface area contributed by atoms with Gasteiger partial charge in [0.1, 0.15) is 12.2 Å². The molecule has 5 atom stereocenters. The fourth-order valence-corrected chi connectivity index (χ4v) is 3.69. The monoisotopic (exact) mass is 391 g/mol. The molecule has 0 saturated carbocycles. The summed E-state index contributed by atoms with van der Waals surface area (Å²) < 4.78 is 17.4. The van der Waals surface area contributed by atoms with Crippen molar-refractivity contribution in [3.63, 3.8) is 0 Å². The van der Waals surface area contributed by atoms with E-state index in [9.17, 15) is 14.8 Å². The zero-order valence-electron chi connectivity index (χ0n) is 13.4. The van der Waals surface area contributed by atoms with Gasteiger partial charge in [-0.2, -0.15) is 4.98 Å². The van der Waals surface area contributed by atoms with Crippen molar-refractivity contribution in [3.8, 4) is 0 Å². The lowest BCUT2D eigenvalue weighted by Gasteiger charge is -2.23. The average molecular weight is 391 g/mol. The molecule has 5 N–H and O–H groups in total. The van der Waals surface area contributed by atoms with E-state index in [1.807, 2.05) is 6.92 Å². The molecule has 1 saturated heterocycles. The second-order valence-corrected chi connectivity index (χ2v) is 8.36. The molecule has 25 heavy (non-hydrogen) atoms. The maximum absolute atomic E-state index is 11.9. The molecule has 1 fully saturated rings. The number of nitrogens with one attached hydrogen (secondary N) is 1. The van der Waals surface area contributed by atoms with Crippen molar-refractivity contribution >= 4 is 35.6 Å². The van der Waals surface area contributed by atoms with Crippen LogP contribution in [-0.2, 0) is 25.6 Å². The van der Waals surface area contributed by atoms with Crippen LogP contribution >= 0.6 is 6.72 Å². The van der Waals surface area contributed by atoms with Crippen molar-refractivity contribution in [3.05, 3.63) is 16.7 Å². The molecule has 3 rings (SSSR count). The lowest BCUT2D eigenvalue weighted by Crippen LogP contribution is -2.33. The van der Waals surface area contributed by atoms with Crippen LogP contribution < -0.4 is 11.3 Å². The Morgan fingerprint density at radius 2 is 2.32 bits per heavy atom. The molecule has 0 amide bonds. The van der Waals surface area contributed by atoms with Gasteiger partial charge in [0.25, 0.3) is 5.56 Å². The summed E-state index contributed by atoms with van der Waals surface area (Å²) in [6, 6.07) is 0. The van der Waals surface area contributed by atoms with Crippen LogP contribution in [0, 0.1) is 0 Å². The van der Waals surface area contributed by atoms with Gasteiger partial charge in [-0.1, -0.05) is 6.92 Å². The highest BCUT2D eigenvalue weighted by molar-refractivity contribution is 8.07. The first-order valence-electron chi connectivity index (χ1n) is 7.40. The van der Waals surface area contributed by atoms with E-state index in [0.717, 1.165) is 0 Å². The Hall–Kier alpha value is -1.40. The number of hydrogen-bond donors (Lipinski definition) is 4. The van der Waals surface area contributed by atoms with Crippen molar-refractivity contribution < 1.29 is 23.8 Å². The molecule has 11 nitrogen and oxygen atoms in total. The van der Waals surface area contributed by atoms with Crippen LogP contribution in [0.3, 0.4) is 0 Å². The molecule has 0 bridgehead atoms. The third-order valence-corrected chi connectivity index (χ3v) is 5.60. The minimum atomic E-state index is -3.50. The summed E-state index contributed by atoms with van der Waals surface area (Å²) in [7, 11) is 1.23. The molecule has 0 aromatic carbocycles. The number of nitrogens with zero attached hydrogens (tertiary/aromatic N) is 3. The van der Waals surface area contributed by atoms with E-state index in [2.05, 4.69) is 15.0 Å². The van der Waals surface area contributed by atoms with Crippen molar-refractivity contribution in [1.82, 2.24) is 19.5 Å². The topological polar surface area (TPSA) is 158 Å². The van der Waals surface area contributed by atoms with Gasteiger partial charge in [0, 0.05) is 7.11 Å². The third kappa shape index (κ3) is 3.34. The van der Waals surface area contributed by atoms with Crippen LogP contribution in [0.2, 0.25) is 0 Å². The van der Waals surface area contributed by atoms with Gasteiger partial charge in [-0.15, -0.1) is 0 Å². The number of ether oxygens (including phenoxy) is 1. The smallest absolute Gasteiger partial charge is 0.324 e. The SMILES string of the molecule is CC[C@H]1O[C@@H](n2cnc3c(=O)[nH]c(N)nc32)C(O)[C@H]1OP(O)(=S)OC. The number of anilines is 1. The number of H-pyrrole nitrogens is 1. The zero-order valence-corrected chi connectivity index (χ0v) is 15.1. The number of imidazole rings is 1. The summed E-state index contributed by atoms with van der Waals surface area (Å²) in [6.07, 6.45) is -1.81. The molecule has 138 valence electrons. The van der Waals surface area contributed by atoms with Gasteiger partial charge >= 0.3 is 6.72 Å². The zero-order chi connectivity index (χ0) is 18.4. The van der Waals surface area contributed by atoms with E-state index in [4.69, 9.17) is 31.3 Å². The Morgan fingerprint density at radius 1 is 1.60 bits per heavy atom. The van der Waals surface area contributed by atoms with E-state index < -0.39 is 36.8 Å². The summed E-state index contributed by atoms with van der Waals surface area (Å²) >= 11 is 4.85. The van der Waals surface area contributed by atoms with Crippen molar-refractivity contribution in [1.29, 1.82) is 0 Å². The summed E-state index contributed by atoms with van der Waals surface area (Å²) in [5.74, 6) is -0.0863. The molecule has 2 unspecified atom stereocenters. The normalized spacial score (nSPS) is 29.1. The lowest BCUT2D eigenvalue weighted by molar-refractivity contribution is -0.0355. The predicted octanol–water partition coefficient (Wildman–Crippen LogP) is -0.381. The van der Waals surface area contributed by atoms with Gasteiger partial charge in [-0.05, 0) is 18.2 Å². The summed E-state index contributed by atoms with van der Waals surface area (Å²) in [5.41, 5.74) is 5.30. The molecule has 0 radical (unpaired) electrons. The van der Waals surface area contributed by atoms with E-state index >= 15 is 0 Å². The summed E-state index contributed by atoms with van der Waals surface area (Å²) in [5, 5.41) is 10.6. The molecule has 0 spiro atoms. The van der Waals surface area contributed by atoms with E-state index in [0.29, 0.717) is 6.42 Å². The molecular weight excluding hydrogens is 373 g/mol. The molecule has 1 aliphatic heterocycles. The number of hydrogen-bond acceptors (Lipinski definition) is 9. The maximum atomic E-state index is 11.9. The van der Waals surface area contributed by atoms with Crippen LogP contribution in [-0.4, -0.2) is 54.9 Å². The molecule has 2 aromatic heterocycles. The number of aromatic amines is 1. The second-order valence-electron chi connectivity index (χ2n) is 5.46. The molecule has 1 aliphatic rings. The number of fused-ring (bicyclic) bond motifs is 1. The Balaban J connectivity index is 1.99.